The molecule has 3 rings (SSSR count). The molecule has 0 unspecified atom stereocenters. The van der Waals surface area contributed by atoms with Crippen LogP contribution in [-0.2, 0) is 0 Å². The van der Waals surface area contributed by atoms with Gasteiger partial charge in [-0.3, -0.25) is 0 Å². The number of hydrogen-bond acceptors (Lipinski definition) is 1. The second-order valence-electron chi connectivity index (χ2n) is 4.17. The van der Waals surface area contributed by atoms with E-state index in [1.54, 1.807) is 0 Å². The van der Waals surface area contributed by atoms with Crippen molar-refractivity contribution in [1.29, 1.82) is 0 Å². The Bertz CT molecular complexity index is 529. The molecule has 0 aromatic heterocycles. The van der Waals surface area contributed by atoms with Crippen molar-refractivity contribution in [2.24, 2.45) is 0 Å². The van der Waals surface area contributed by atoms with Gasteiger partial charge in [0.05, 0.1) is 0 Å². The van der Waals surface area contributed by atoms with Gasteiger partial charge < -0.3 is 4.90 Å². The fourth-order valence-corrected chi connectivity index (χ4v) is 2.03. The molecule has 0 aliphatic rings. The zero-order chi connectivity index (χ0) is 12.9. The molecule has 0 bridgehead atoms. The van der Waals surface area contributed by atoms with Crippen molar-refractivity contribution < 1.29 is 31.1 Å². The van der Waals surface area contributed by atoms with E-state index in [1.807, 2.05) is 66.7 Å². The summed E-state index contributed by atoms with van der Waals surface area (Å²) >= 11 is 0. The number of nitrogens with zero attached hydrogens (tertiary/aromatic N) is 1. The van der Waals surface area contributed by atoms with Crippen molar-refractivity contribution in [3.05, 3.63) is 91.0 Å². The van der Waals surface area contributed by atoms with E-state index >= 15 is 0 Å². The molecule has 0 atom stereocenters. The maximum absolute atomic E-state index is 3.27. The van der Waals surface area contributed by atoms with E-state index < -0.39 is 0 Å². The Hall–Kier alpha value is -1.49. The monoisotopic (exact) mass is 481 g/mol. The number of rotatable bonds is 3. The van der Waals surface area contributed by atoms with Crippen LogP contribution in [0.4, 0.5) is 17.1 Å². The number of hydrogen-bond donors (Lipinski definition) is 0. The minimum Gasteiger partial charge on any atom is -0.359 e. The summed E-state index contributed by atoms with van der Waals surface area (Å²) in [5.74, 6) is 0. The fourth-order valence-electron chi connectivity index (χ4n) is 2.03. The topological polar surface area (TPSA) is 3.24 Å². The molecular weight excluding hydrogens is 468 g/mol. The first-order valence-electron chi connectivity index (χ1n) is 6.24. The van der Waals surface area contributed by atoms with E-state index in [0.29, 0.717) is 0 Å². The van der Waals surface area contributed by atoms with Crippen LogP contribution in [0, 0.1) is 43.2 Å². The van der Waals surface area contributed by atoms with Crippen molar-refractivity contribution in [2.75, 3.05) is 4.90 Å². The van der Waals surface area contributed by atoms with Crippen LogP contribution in [-0.4, -0.2) is 0 Å². The SMILES string of the molecule is [U+2].[c-]1ccccc1N(c1[c-]cccc1)c1ccccc1. The molecule has 3 aromatic rings. The van der Waals surface area contributed by atoms with Crippen LogP contribution < -0.4 is 4.90 Å². The zero-order valence-electron chi connectivity index (χ0n) is 11.0. The number of para-hydroxylation sites is 3. The van der Waals surface area contributed by atoms with E-state index in [0.717, 1.165) is 17.1 Å². The van der Waals surface area contributed by atoms with Crippen molar-refractivity contribution >= 4 is 17.1 Å². The van der Waals surface area contributed by atoms with E-state index in [4.69, 9.17) is 0 Å². The second kappa shape index (κ2) is 7.34. The maximum Gasteiger partial charge on any atom is 2.00 e. The minimum absolute atomic E-state index is 0. The molecule has 2 heteroatoms. The molecule has 1 nitrogen and oxygen atoms in total. The Kier molecular flexibility index (Phi) is 5.47. The van der Waals surface area contributed by atoms with Crippen LogP contribution >= 0.6 is 0 Å². The molecule has 20 heavy (non-hydrogen) atoms. The number of anilines is 3. The van der Waals surface area contributed by atoms with Gasteiger partial charge in [0.15, 0.2) is 0 Å². The van der Waals surface area contributed by atoms with E-state index in [1.165, 1.54) is 0 Å². The average Bonchev–Trinajstić information content (AvgIpc) is 2.51. The largest absolute Gasteiger partial charge is 2.00 e. The van der Waals surface area contributed by atoms with Crippen LogP contribution in [0.3, 0.4) is 0 Å². The Morgan fingerprint density at radius 3 is 1.55 bits per heavy atom. The summed E-state index contributed by atoms with van der Waals surface area (Å²) < 4.78 is 0. The van der Waals surface area contributed by atoms with Gasteiger partial charge in [0.25, 0.3) is 0 Å². The second-order valence-corrected chi connectivity index (χ2v) is 4.17. The molecular formula is C18H13NU. The minimum atomic E-state index is 0. The third-order valence-electron chi connectivity index (χ3n) is 2.88. The Morgan fingerprint density at radius 2 is 1.10 bits per heavy atom. The fraction of sp³-hybridized carbons (Fsp3) is 0. The van der Waals surface area contributed by atoms with Crippen LogP contribution in [0.1, 0.15) is 0 Å². The van der Waals surface area contributed by atoms with Crippen molar-refractivity contribution in [1.82, 2.24) is 0 Å². The standard InChI is InChI=1S/C18H13N.U/c1-4-10-16(11-5-1)19(17-12-6-2-7-13-17)18-14-8-3-9-15-18;/h1-12,14H;/q-2;+2. The van der Waals surface area contributed by atoms with Crippen molar-refractivity contribution in [3.63, 3.8) is 0 Å². The maximum atomic E-state index is 3.27. The van der Waals surface area contributed by atoms with Crippen LogP contribution in [0.5, 0.6) is 0 Å². The molecule has 0 aliphatic heterocycles. The molecule has 0 N–H and O–H groups in total. The van der Waals surface area contributed by atoms with Gasteiger partial charge in [-0.05, 0) is 12.1 Å². The first-order chi connectivity index (χ1) is 9.45. The van der Waals surface area contributed by atoms with Gasteiger partial charge in [-0.1, -0.05) is 29.6 Å². The molecule has 94 valence electrons. The summed E-state index contributed by atoms with van der Waals surface area (Å²) in [5.41, 5.74) is 3.12. The van der Waals surface area contributed by atoms with Crippen LogP contribution in [0.15, 0.2) is 78.9 Å². The smallest absolute Gasteiger partial charge is 0.359 e. The normalized spacial score (nSPS) is 9.60. The molecule has 0 saturated carbocycles. The summed E-state index contributed by atoms with van der Waals surface area (Å²) in [6.45, 7) is 0. The van der Waals surface area contributed by atoms with Crippen LogP contribution in [0.25, 0.3) is 0 Å². The molecule has 0 spiro atoms. The van der Waals surface area contributed by atoms with Gasteiger partial charge in [-0.15, -0.1) is 12.1 Å². The molecule has 0 saturated heterocycles. The van der Waals surface area contributed by atoms with Crippen LogP contribution in [0.2, 0.25) is 0 Å². The third kappa shape index (κ3) is 3.34. The van der Waals surface area contributed by atoms with Gasteiger partial charge in [0, 0.05) is 5.69 Å². The van der Waals surface area contributed by atoms with E-state index in [-0.39, 0.29) is 31.1 Å². The van der Waals surface area contributed by atoms with Gasteiger partial charge in [0.2, 0.25) is 0 Å². The zero-order valence-corrected chi connectivity index (χ0v) is 15.1. The van der Waals surface area contributed by atoms with Gasteiger partial charge in [-0.25, -0.2) is 0 Å². The van der Waals surface area contributed by atoms with Crippen molar-refractivity contribution in [3.8, 4) is 0 Å². The molecule has 0 aliphatic carbocycles. The predicted molar refractivity (Wildman–Crippen MR) is 78.8 cm³/mol. The summed E-state index contributed by atoms with van der Waals surface area (Å²) in [6, 6.07) is 32.7. The molecule has 0 heterocycles. The summed E-state index contributed by atoms with van der Waals surface area (Å²) in [4.78, 5) is 2.14. The molecule has 0 amide bonds. The molecule has 0 radical (unpaired) electrons. The molecule has 3 aromatic carbocycles. The summed E-state index contributed by atoms with van der Waals surface area (Å²) in [7, 11) is 0. The van der Waals surface area contributed by atoms with E-state index in [9.17, 15) is 0 Å². The average molecular weight is 481 g/mol. The Balaban J connectivity index is 0.00000147. The first kappa shape index (κ1) is 14.9. The third-order valence-corrected chi connectivity index (χ3v) is 2.88. The Labute approximate surface area is 143 Å². The quantitative estimate of drug-likeness (QED) is 0.488. The predicted octanol–water partition coefficient (Wildman–Crippen LogP) is 4.76. The summed E-state index contributed by atoms with van der Waals surface area (Å²) in [5, 5.41) is 0. The van der Waals surface area contributed by atoms with Crippen molar-refractivity contribution in [2.45, 2.75) is 0 Å². The van der Waals surface area contributed by atoms with E-state index in [2.05, 4.69) is 29.2 Å². The summed E-state index contributed by atoms with van der Waals surface area (Å²) in [6.07, 6.45) is 0. The van der Waals surface area contributed by atoms with Gasteiger partial charge in [-0.2, -0.15) is 48.5 Å². The van der Waals surface area contributed by atoms with Gasteiger partial charge >= 0.3 is 31.1 Å². The molecule has 0 fully saturated rings. The van der Waals surface area contributed by atoms with Gasteiger partial charge in [0.1, 0.15) is 0 Å². The number of benzene rings is 3. The first-order valence-corrected chi connectivity index (χ1v) is 6.24. The Morgan fingerprint density at radius 1 is 0.600 bits per heavy atom.